The maximum Gasteiger partial charge on any atom is 0.0691 e. The molecule has 136 valence electrons. The Labute approximate surface area is 145 Å². The first kappa shape index (κ1) is 19.2. The third-order valence-corrected chi connectivity index (χ3v) is 6.62. The van der Waals surface area contributed by atoms with Crippen LogP contribution in [0.15, 0.2) is 0 Å². The van der Waals surface area contributed by atoms with Gasteiger partial charge in [0.2, 0.25) is 0 Å². The molecule has 0 radical (unpaired) electrons. The molecule has 0 heterocycles. The topological polar surface area (TPSA) is 24.1 Å². The van der Waals surface area contributed by atoms with E-state index in [4.69, 9.17) is 0 Å². The number of rotatable bonds is 8. The van der Waals surface area contributed by atoms with Crippen LogP contribution in [0.2, 0.25) is 0 Å². The van der Waals surface area contributed by atoms with Crippen molar-refractivity contribution >= 4 is 0 Å². The predicted molar refractivity (Wildman–Crippen MR) is 102 cm³/mol. The molecule has 2 rings (SSSR count). The molecule has 0 amide bonds. The summed E-state index contributed by atoms with van der Waals surface area (Å²) in [6, 6.07) is 1.22. The van der Waals surface area contributed by atoms with Crippen molar-refractivity contribution in [2.24, 2.45) is 11.8 Å². The lowest BCUT2D eigenvalue weighted by Crippen LogP contribution is -2.63. The normalized spacial score (nSPS) is 32.6. The maximum absolute atomic E-state index is 3.96. The Kier molecular flexibility index (Phi) is 7.88. The van der Waals surface area contributed by atoms with Crippen LogP contribution in [-0.2, 0) is 0 Å². The molecule has 23 heavy (non-hydrogen) atoms. The van der Waals surface area contributed by atoms with Crippen molar-refractivity contribution in [3.8, 4) is 0 Å². The van der Waals surface area contributed by atoms with Crippen molar-refractivity contribution in [1.82, 2.24) is 10.6 Å². The summed E-state index contributed by atoms with van der Waals surface area (Å²) in [5, 5.41) is 7.92. The molecule has 2 fully saturated rings. The van der Waals surface area contributed by atoms with Crippen LogP contribution < -0.4 is 10.6 Å². The summed E-state index contributed by atoms with van der Waals surface area (Å²) in [5.74, 6) is 2.04. The third kappa shape index (κ3) is 6.05. The molecule has 0 aliphatic heterocycles. The zero-order valence-electron chi connectivity index (χ0n) is 16.3. The van der Waals surface area contributed by atoms with Crippen LogP contribution in [0.4, 0.5) is 0 Å². The van der Waals surface area contributed by atoms with Crippen molar-refractivity contribution in [3.05, 3.63) is 0 Å². The lowest BCUT2D eigenvalue weighted by atomic mass is 9.74. The van der Waals surface area contributed by atoms with E-state index in [0.29, 0.717) is 12.1 Å². The van der Waals surface area contributed by atoms with Crippen molar-refractivity contribution < 1.29 is 0 Å². The first-order chi connectivity index (χ1) is 11.1. The highest BCUT2D eigenvalue weighted by atomic mass is 15.2. The highest BCUT2D eigenvalue weighted by molar-refractivity contribution is 4.94. The number of hydrogen-bond donors (Lipinski definition) is 2. The number of hydrogen-bond acceptors (Lipinski definition) is 2. The molecule has 0 bridgehead atoms. The fourth-order valence-corrected chi connectivity index (χ4v) is 4.78. The molecular formula is C21H42N2. The Morgan fingerprint density at radius 2 is 1.26 bits per heavy atom. The van der Waals surface area contributed by atoms with Gasteiger partial charge in [0.1, 0.15) is 0 Å². The monoisotopic (exact) mass is 322 g/mol. The standard InChI is InChI=1S/C21H42N2/c1-5-17(3)22-21(23-18(4)6-2)14-12-20(13-15-21)16-19-10-8-7-9-11-19/h17-20,22-23H,5-16H2,1-4H3. The minimum atomic E-state index is 0.202. The second-order valence-electron chi connectivity index (χ2n) is 8.67. The summed E-state index contributed by atoms with van der Waals surface area (Å²) in [6.07, 6.45) is 16.9. The maximum atomic E-state index is 3.96. The molecule has 2 unspecified atom stereocenters. The van der Waals surface area contributed by atoms with E-state index in [1.54, 1.807) is 0 Å². The van der Waals surface area contributed by atoms with E-state index in [0.717, 1.165) is 11.8 Å². The van der Waals surface area contributed by atoms with Gasteiger partial charge < -0.3 is 0 Å². The molecule has 2 atom stereocenters. The lowest BCUT2D eigenvalue weighted by molar-refractivity contribution is 0.107. The van der Waals surface area contributed by atoms with E-state index < -0.39 is 0 Å². The fourth-order valence-electron chi connectivity index (χ4n) is 4.78. The van der Waals surface area contributed by atoms with E-state index in [1.165, 1.54) is 77.0 Å². The van der Waals surface area contributed by atoms with Crippen LogP contribution in [-0.4, -0.2) is 17.7 Å². The number of nitrogens with one attached hydrogen (secondary N) is 2. The van der Waals surface area contributed by atoms with E-state index in [2.05, 4.69) is 38.3 Å². The van der Waals surface area contributed by atoms with Crippen molar-refractivity contribution in [1.29, 1.82) is 0 Å². The van der Waals surface area contributed by atoms with E-state index in [1.807, 2.05) is 0 Å². The first-order valence-corrected chi connectivity index (χ1v) is 10.6. The molecule has 2 nitrogen and oxygen atoms in total. The second-order valence-corrected chi connectivity index (χ2v) is 8.67. The molecule has 0 aromatic rings. The molecule has 2 saturated carbocycles. The first-order valence-electron chi connectivity index (χ1n) is 10.6. The molecule has 0 aromatic carbocycles. The summed E-state index contributed by atoms with van der Waals surface area (Å²) in [7, 11) is 0. The highest BCUT2D eigenvalue weighted by Gasteiger charge is 2.37. The van der Waals surface area contributed by atoms with Gasteiger partial charge in [-0.2, -0.15) is 0 Å². The van der Waals surface area contributed by atoms with Gasteiger partial charge in [0.25, 0.3) is 0 Å². The lowest BCUT2D eigenvalue weighted by Gasteiger charge is -2.45. The van der Waals surface area contributed by atoms with Gasteiger partial charge in [-0.25, -0.2) is 0 Å². The summed E-state index contributed by atoms with van der Waals surface area (Å²) < 4.78 is 0. The van der Waals surface area contributed by atoms with Crippen molar-refractivity contribution in [2.75, 3.05) is 0 Å². The highest BCUT2D eigenvalue weighted by Crippen LogP contribution is 2.38. The average molecular weight is 323 g/mol. The molecule has 0 spiro atoms. The average Bonchev–Trinajstić information content (AvgIpc) is 2.57. The zero-order valence-corrected chi connectivity index (χ0v) is 16.3. The van der Waals surface area contributed by atoms with E-state index >= 15 is 0 Å². The van der Waals surface area contributed by atoms with Crippen LogP contribution >= 0.6 is 0 Å². The molecule has 0 saturated heterocycles. The zero-order chi connectivity index (χ0) is 16.7. The second kappa shape index (κ2) is 9.42. The predicted octanol–water partition coefficient (Wildman–Crippen LogP) is 5.62. The van der Waals surface area contributed by atoms with Gasteiger partial charge in [0, 0.05) is 12.1 Å². The van der Waals surface area contributed by atoms with Crippen LogP contribution in [0.5, 0.6) is 0 Å². The molecule has 2 aliphatic carbocycles. The summed E-state index contributed by atoms with van der Waals surface area (Å²) in [4.78, 5) is 0. The largest absolute Gasteiger partial charge is 0.297 e. The molecular weight excluding hydrogens is 280 g/mol. The Bertz CT molecular complexity index is 300. The van der Waals surface area contributed by atoms with Crippen LogP contribution in [0.1, 0.15) is 105 Å². The Morgan fingerprint density at radius 3 is 1.74 bits per heavy atom. The molecule has 0 aromatic heterocycles. The summed E-state index contributed by atoms with van der Waals surface area (Å²) >= 11 is 0. The van der Waals surface area contributed by atoms with Gasteiger partial charge in [-0.3, -0.25) is 10.6 Å². The summed E-state index contributed by atoms with van der Waals surface area (Å²) in [6.45, 7) is 9.27. The Morgan fingerprint density at radius 1 is 0.783 bits per heavy atom. The van der Waals surface area contributed by atoms with Crippen molar-refractivity contribution in [2.45, 2.75) is 122 Å². The van der Waals surface area contributed by atoms with Crippen LogP contribution in [0.3, 0.4) is 0 Å². The van der Waals surface area contributed by atoms with Crippen LogP contribution in [0.25, 0.3) is 0 Å². The van der Waals surface area contributed by atoms with Gasteiger partial charge >= 0.3 is 0 Å². The SMILES string of the molecule is CCC(C)NC1(NC(C)CC)CCC(CC2CCCCC2)CC1. The quantitative estimate of drug-likeness (QED) is 0.567. The third-order valence-electron chi connectivity index (χ3n) is 6.62. The smallest absolute Gasteiger partial charge is 0.0691 e. The summed E-state index contributed by atoms with van der Waals surface area (Å²) in [5.41, 5.74) is 0.202. The van der Waals surface area contributed by atoms with Crippen molar-refractivity contribution in [3.63, 3.8) is 0 Å². The molecule has 2 heteroatoms. The van der Waals surface area contributed by atoms with Gasteiger partial charge in [0.05, 0.1) is 5.66 Å². The minimum Gasteiger partial charge on any atom is -0.297 e. The fraction of sp³-hybridized carbons (Fsp3) is 1.00. The van der Waals surface area contributed by atoms with Gasteiger partial charge in [-0.1, -0.05) is 46.0 Å². The Balaban J connectivity index is 1.86. The minimum absolute atomic E-state index is 0.202. The molecule has 2 N–H and O–H groups in total. The molecule has 2 aliphatic rings. The van der Waals surface area contributed by atoms with Crippen LogP contribution in [0, 0.1) is 11.8 Å². The van der Waals surface area contributed by atoms with E-state index in [9.17, 15) is 0 Å². The Hall–Kier alpha value is -0.0800. The van der Waals surface area contributed by atoms with E-state index in [-0.39, 0.29) is 5.66 Å². The van der Waals surface area contributed by atoms with Gasteiger partial charge in [-0.15, -0.1) is 0 Å². The van der Waals surface area contributed by atoms with Gasteiger partial charge in [-0.05, 0) is 70.6 Å². The van der Waals surface area contributed by atoms with Gasteiger partial charge in [0.15, 0.2) is 0 Å².